The molecular weight excluding hydrogens is 312 g/mol. The van der Waals surface area contributed by atoms with Crippen LogP contribution in [0.3, 0.4) is 0 Å². The van der Waals surface area contributed by atoms with E-state index in [4.69, 9.17) is 0 Å². The van der Waals surface area contributed by atoms with Crippen LogP contribution in [0.15, 0.2) is 48.5 Å². The van der Waals surface area contributed by atoms with Crippen molar-refractivity contribution < 1.29 is 9.59 Å². The van der Waals surface area contributed by atoms with Crippen molar-refractivity contribution >= 4 is 17.5 Å². The fraction of sp³-hybridized carbons (Fsp3) is 0.333. The summed E-state index contributed by atoms with van der Waals surface area (Å²) in [6.45, 7) is 4.38. The first-order valence-corrected chi connectivity index (χ1v) is 8.82. The van der Waals surface area contributed by atoms with Gasteiger partial charge in [-0.15, -0.1) is 0 Å². The standard InChI is InChI=1S/C21H26N2O2/c1-3-4-8-17-10-12-18(13-11-17)23-20(24)14-15-22-21(25)19-9-6-5-7-16(19)2/h5-7,9-13H,3-4,8,14-15H2,1-2H3,(H,22,25)(H,23,24). The van der Waals surface area contributed by atoms with E-state index < -0.39 is 0 Å². The molecule has 25 heavy (non-hydrogen) atoms. The van der Waals surface area contributed by atoms with Gasteiger partial charge in [0.15, 0.2) is 0 Å². The molecule has 0 fully saturated rings. The molecule has 0 heterocycles. The zero-order chi connectivity index (χ0) is 18.1. The highest BCUT2D eigenvalue weighted by Gasteiger charge is 2.08. The summed E-state index contributed by atoms with van der Waals surface area (Å²) >= 11 is 0. The minimum atomic E-state index is -0.147. The molecule has 2 amide bonds. The fourth-order valence-electron chi connectivity index (χ4n) is 2.57. The van der Waals surface area contributed by atoms with Crippen LogP contribution in [-0.2, 0) is 11.2 Å². The Morgan fingerprint density at radius 2 is 1.72 bits per heavy atom. The van der Waals surface area contributed by atoms with Crippen molar-refractivity contribution in [2.45, 2.75) is 39.5 Å². The highest BCUT2D eigenvalue weighted by Crippen LogP contribution is 2.12. The van der Waals surface area contributed by atoms with Gasteiger partial charge in [-0.05, 0) is 49.1 Å². The first-order valence-electron chi connectivity index (χ1n) is 8.82. The molecule has 132 valence electrons. The lowest BCUT2D eigenvalue weighted by atomic mass is 10.1. The fourth-order valence-corrected chi connectivity index (χ4v) is 2.57. The van der Waals surface area contributed by atoms with Crippen LogP contribution in [0.5, 0.6) is 0 Å². The number of carbonyl (C=O) groups is 2. The summed E-state index contributed by atoms with van der Waals surface area (Å²) < 4.78 is 0. The second-order valence-electron chi connectivity index (χ2n) is 6.17. The summed E-state index contributed by atoms with van der Waals surface area (Å²) in [6, 6.07) is 15.3. The minimum Gasteiger partial charge on any atom is -0.352 e. The molecule has 4 nitrogen and oxygen atoms in total. The third-order valence-electron chi connectivity index (χ3n) is 4.08. The highest BCUT2D eigenvalue weighted by molar-refractivity contribution is 5.96. The third kappa shape index (κ3) is 6.07. The van der Waals surface area contributed by atoms with E-state index in [9.17, 15) is 9.59 Å². The Labute approximate surface area is 149 Å². The van der Waals surface area contributed by atoms with Gasteiger partial charge >= 0.3 is 0 Å². The Bertz CT molecular complexity index is 708. The molecule has 0 spiro atoms. The first kappa shape index (κ1) is 18.7. The monoisotopic (exact) mass is 338 g/mol. The third-order valence-corrected chi connectivity index (χ3v) is 4.08. The second-order valence-corrected chi connectivity index (χ2v) is 6.17. The zero-order valence-electron chi connectivity index (χ0n) is 15.0. The summed E-state index contributed by atoms with van der Waals surface area (Å²) in [7, 11) is 0. The summed E-state index contributed by atoms with van der Waals surface area (Å²) in [5.74, 6) is -0.252. The number of carbonyl (C=O) groups excluding carboxylic acids is 2. The maximum absolute atomic E-state index is 12.1. The van der Waals surface area contributed by atoms with Gasteiger partial charge in [0.25, 0.3) is 5.91 Å². The van der Waals surface area contributed by atoms with Gasteiger partial charge in [-0.1, -0.05) is 43.7 Å². The molecule has 0 aliphatic heterocycles. The van der Waals surface area contributed by atoms with Crippen molar-refractivity contribution in [2.24, 2.45) is 0 Å². The maximum Gasteiger partial charge on any atom is 0.251 e. The lowest BCUT2D eigenvalue weighted by molar-refractivity contribution is -0.116. The predicted octanol–water partition coefficient (Wildman–Crippen LogP) is 4.10. The number of amides is 2. The lowest BCUT2D eigenvalue weighted by Gasteiger charge is -2.09. The van der Waals surface area contributed by atoms with E-state index in [1.165, 1.54) is 18.4 Å². The quantitative estimate of drug-likeness (QED) is 0.761. The van der Waals surface area contributed by atoms with Crippen LogP contribution < -0.4 is 10.6 Å². The molecule has 2 aromatic carbocycles. The largest absolute Gasteiger partial charge is 0.352 e. The van der Waals surface area contributed by atoms with Crippen molar-refractivity contribution in [3.05, 3.63) is 65.2 Å². The number of rotatable bonds is 8. The molecule has 2 rings (SSSR count). The maximum atomic E-state index is 12.1. The average Bonchev–Trinajstić information content (AvgIpc) is 2.61. The van der Waals surface area contributed by atoms with Crippen LogP contribution in [0, 0.1) is 6.92 Å². The summed E-state index contributed by atoms with van der Waals surface area (Å²) in [5.41, 5.74) is 3.64. The van der Waals surface area contributed by atoms with Crippen molar-refractivity contribution in [3.8, 4) is 0 Å². The van der Waals surface area contributed by atoms with E-state index in [0.717, 1.165) is 17.7 Å². The molecule has 0 saturated carbocycles. The molecule has 0 radical (unpaired) electrons. The van der Waals surface area contributed by atoms with Gasteiger partial charge in [-0.2, -0.15) is 0 Å². The highest BCUT2D eigenvalue weighted by atomic mass is 16.2. The molecule has 0 aromatic heterocycles. The first-order chi connectivity index (χ1) is 12.1. The molecule has 2 N–H and O–H groups in total. The van der Waals surface area contributed by atoms with Gasteiger partial charge in [0, 0.05) is 24.2 Å². The Hall–Kier alpha value is -2.62. The van der Waals surface area contributed by atoms with E-state index in [1.54, 1.807) is 6.07 Å². The molecule has 0 aliphatic rings. The van der Waals surface area contributed by atoms with Gasteiger partial charge in [0.1, 0.15) is 0 Å². The molecule has 0 unspecified atom stereocenters. The van der Waals surface area contributed by atoms with Crippen LogP contribution >= 0.6 is 0 Å². The van der Waals surface area contributed by atoms with E-state index in [1.807, 2.05) is 49.4 Å². The van der Waals surface area contributed by atoms with Gasteiger partial charge < -0.3 is 10.6 Å². The number of anilines is 1. The normalized spacial score (nSPS) is 10.3. The molecule has 4 heteroatoms. The second kappa shape index (κ2) is 9.62. The SMILES string of the molecule is CCCCc1ccc(NC(=O)CCNC(=O)c2ccccc2C)cc1. The predicted molar refractivity (Wildman–Crippen MR) is 102 cm³/mol. The van der Waals surface area contributed by atoms with E-state index in [0.29, 0.717) is 12.1 Å². The smallest absolute Gasteiger partial charge is 0.251 e. The van der Waals surface area contributed by atoms with Crippen molar-refractivity contribution in [2.75, 3.05) is 11.9 Å². The number of benzene rings is 2. The molecular formula is C21H26N2O2. The Balaban J connectivity index is 1.75. The van der Waals surface area contributed by atoms with E-state index in [-0.39, 0.29) is 18.2 Å². The topological polar surface area (TPSA) is 58.2 Å². The van der Waals surface area contributed by atoms with Gasteiger partial charge in [-0.3, -0.25) is 9.59 Å². The van der Waals surface area contributed by atoms with Gasteiger partial charge in [0.2, 0.25) is 5.91 Å². The number of hydrogen-bond acceptors (Lipinski definition) is 2. The Morgan fingerprint density at radius 1 is 1.00 bits per heavy atom. The van der Waals surface area contributed by atoms with Crippen LogP contribution in [-0.4, -0.2) is 18.4 Å². The van der Waals surface area contributed by atoms with Crippen LogP contribution in [0.25, 0.3) is 0 Å². The summed E-state index contributed by atoms with van der Waals surface area (Å²) in [6.07, 6.45) is 3.66. The lowest BCUT2D eigenvalue weighted by Crippen LogP contribution is -2.28. The summed E-state index contributed by atoms with van der Waals surface area (Å²) in [4.78, 5) is 24.1. The summed E-state index contributed by atoms with van der Waals surface area (Å²) in [5, 5.41) is 5.65. The Morgan fingerprint density at radius 3 is 2.40 bits per heavy atom. The molecule has 0 bridgehead atoms. The van der Waals surface area contributed by atoms with Crippen molar-refractivity contribution in [1.82, 2.24) is 5.32 Å². The van der Waals surface area contributed by atoms with Crippen LogP contribution in [0.1, 0.15) is 47.7 Å². The van der Waals surface area contributed by atoms with Crippen LogP contribution in [0.2, 0.25) is 0 Å². The molecule has 0 atom stereocenters. The molecule has 2 aromatic rings. The van der Waals surface area contributed by atoms with Gasteiger partial charge in [-0.25, -0.2) is 0 Å². The number of aryl methyl sites for hydroxylation is 2. The van der Waals surface area contributed by atoms with Crippen molar-refractivity contribution in [3.63, 3.8) is 0 Å². The van der Waals surface area contributed by atoms with E-state index >= 15 is 0 Å². The average molecular weight is 338 g/mol. The minimum absolute atomic E-state index is 0.105. The number of hydrogen-bond donors (Lipinski definition) is 2. The van der Waals surface area contributed by atoms with Crippen molar-refractivity contribution in [1.29, 1.82) is 0 Å². The Kier molecular flexibility index (Phi) is 7.20. The zero-order valence-corrected chi connectivity index (χ0v) is 15.0. The van der Waals surface area contributed by atoms with E-state index in [2.05, 4.69) is 17.6 Å². The van der Waals surface area contributed by atoms with Crippen LogP contribution in [0.4, 0.5) is 5.69 Å². The van der Waals surface area contributed by atoms with Gasteiger partial charge in [0.05, 0.1) is 0 Å². The number of unbranched alkanes of at least 4 members (excludes halogenated alkanes) is 1. The number of nitrogens with one attached hydrogen (secondary N) is 2. The molecule has 0 saturated heterocycles. The molecule has 0 aliphatic carbocycles.